The van der Waals surface area contributed by atoms with Gasteiger partial charge in [0.25, 0.3) is 5.91 Å². The number of nitrogens with one attached hydrogen (secondary N) is 3. The highest BCUT2D eigenvalue weighted by molar-refractivity contribution is 9.10. The molecule has 36 heavy (non-hydrogen) atoms. The van der Waals surface area contributed by atoms with E-state index in [4.69, 9.17) is 21.7 Å². The zero-order valence-corrected chi connectivity index (χ0v) is 22.9. The van der Waals surface area contributed by atoms with Gasteiger partial charge in [-0.05, 0) is 76.6 Å². The Morgan fingerprint density at radius 1 is 0.972 bits per heavy atom. The molecule has 0 radical (unpaired) electrons. The molecule has 0 aliphatic carbocycles. The minimum atomic E-state index is -0.471. The van der Waals surface area contributed by atoms with Crippen molar-refractivity contribution >= 4 is 51.0 Å². The molecule has 3 N–H and O–H groups in total. The molecule has 0 saturated heterocycles. The lowest BCUT2D eigenvalue weighted by Crippen LogP contribution is -2.49. The van der Waals surface area contributed by atoms with Gasteiger partial charge < -0.3 is 14.8 Å². The Hall–Kier alpha value is -2.98. The molecule has 0 aliphatic heterocycles. The van der Waals surface area contributed by atoms with Crippen LogP contribution in [0.1, 0.15) is 56.6 Å². The smallest absolute Gasteiger partial charge is 0.305 e. The van der Waals surface area contributed by atoms with Crippen LogP contribution in [0.3, 0.4) is 0 Å². The van der Waals surface area contributed by atoms with E-state index in [1.54, 1.807) is 6.07 Å². The number of thiocarbonyl (C=S) groups is 1. The lowest BCUT2D eigenvalue weighted by Gasteiger charge is -2.13. The number of amides is 2. The molecule has 2 amide bonds. The van der Waals surface area contributed by atoms with Crippen LogP contribution in [-0.4, -0.2) is 36.1 Å². The van der Waals surface area contributed by atoms with Crippen LogP contribution >= 0.6 is 28.1 Å². The topological polar surface area (TPSA) is 106 Å². The molecular formula is C26H32BrN3O5S. The third kappa shape index (κ3) is 11.6. The van der Waals surface area contributed by atoms with Gasteiger partial charge in [0.1, 0.15) is 5.75 Å². The molecule has 8 nitrogen and oxygen atoms in total. The number of benzene rings is 2. The van der Waals surface area contributed by atoms with Gasteiger partial charge in [-0.25, -0.2) is 0 Å². The maximum absolute atomic E-state index is 12.0. The van der Waals surface area contributed by atoms with Crippen molar-refractivity contribution in [1.82, 2.24) is 16.2 Å². The number of carbonyl (C=O) groups is 3. The Morgan fingerprint density at radius 3 is 2.42 bits per heavy atom. The van der Waals surface area contributed by atoms with E-state index in [1.165, 1.54) is 5.56 Å². The van der Waals surface area contributed by atoms with Crippen LogP contribution in [0, 0.1) is 0 Å². The zero-order chi connectivity index (χ0) is 26.3. The number of hydrogen-bond donors (Lipinski definition) is 3. The first kappa shape index (κ1) is 29.3. The van der Waals surface area contributed by atoms with Gasteiger partial charge >= 0.3 is 5.97 Å². The number of carbonyl (C=O) groups excluding carboxylic acids is 3. The highest BCUT2D eigenvalue weighted by atomic mass is 79.9. The molecule has 0 fully saturated rings. The highest BCUT2D eigenvalue weighted by Gasteiger charge is 2.10. The summed E-state index contributed by atoms with van der Waals surface area (Å²) < 4.78 is 11.5. The second-order valence-corrected chi connectivity index (χ2v) is 9.61. The van der Waals surface area contributed by atoms with Gasteiger partial charge in [0.2, 0.25) is 5.91 Å². The maximum atomic E-state index is 12.0. The molecule has 2 rings (SSSR count). The Balaban J connectivity index is 1.54. The predicted octanol–water partition coefficient (Wildman–Crippen LogP) is 4.32. The average Bonchev–Trinajstić information content (AvgIpc) is 2.85. The summed E-state index contributed by atoms with van der Waals surface area (Å²) in [6.45, 7) is 4.28. The molecule has 0 aliphatic rings. The quantitative estimate of drug-likeness (QED) is 0.149. The first-order valence-electron chi connectivity index (χ1n) is 11.7. The SMILES string of the molecule is CC(C)c1ccc(OCC(=O)NNC(=S)NC(=O)CCCC(=O)OCCCc2ccccc2)c(Br)c1. The van der Waals surface area contributed by atoms with Gasteiger partial charge in [-0.2, -0.15) is 0 Å². The molecule has 0 unspecified atom stereocenters. The molecular weight excluding hydrogens is 546 g/mol. The van der Waals surface area contributed by atoms with Crippen molar-refractivity contribution in [3.05, 3.63) is 64.1 Å². The third-order valence-electron chi connectivity index (χ3n) is 5.05. The molecule has 0 spiro atoms. The van der Waals surface area contributed by atoms with Crippen LogP contribution in [-0.2, 0) is 25.5 Å². The second kappa shape index (κ2) is 15.9. The standard InChI is InChI=1S/C26H32BrN3O5S/c1-18(2)20-13-14-22(21(27)16-20)35-17-24(32)29-30-26(36)28-23(31)11-6-12-25(33)34-15-7-10-19-8-4-3-5-9-19/h3-5,8-9,13-14,16,18H,6-7,10-12,15,17H2,1-2H3,(H,29,32)(H2,28,30,31,36). The number of rotatable bonds is 12. The van der Waals surface area contributed by atoms with Gasteiger partial charge in [0.15, 0.2) is 11.7 Å². The summed E-state index contributed by atoms with van der Waals surface area (Å²) in [6.07, 6.45) is 2.15. The van der Waals surface area contributed by atoms with Gasteiger partial charge in [-0.15, -0.1) is 0 Å². The van der Waals surface area contributed by atoms with Crippen molar-refractivity contribution in [3.63, 3.8) is 0 Å². The molecule has 0 bridgehead atoms. The second-order valence-electron chi connectivity index (χ2n) is 8.35. The lowest BCUT2D eigenvalue weighted by molar-refractivity contribution is -0.143. The molecule has 10 heteroatoms. The van der Waals surface area contributed by atoms with E-state index in [0.717, 1.165) is 22.9 Å². The van der Waals surface area contributed by atoms with Crippen molar-refractivity contribution < 1.29 is 23.9 Å². The Bertz CT molecular complexity index is 1030. The monoisotopic (exact) mass is 577 g/mol. The summed E-state index contributed by atoms with van der Waals surface area (Å²) in [5.41, 5.74) is 7.16. The minimum Gasteiger partial charge on any atom is -0.483 e. The number of esters is 1. The lowest BCUT2D eigenvalue weighted by atomic mass is 10.0. The molecule has 2 aromatic rings. The summed E-state index contributed by atoms with van der Waals surface area (Å²) >= 11 is 8.44. The van der Waals surface area contributed by atoms with Gasteiger partial charge in [-0.1, -0.05) is 50.2 Å². The van der Waals surface area contributed by atoms with E-state index >= 15 is 0 Å². The summed E-state index contributed by atoms with van der Waals surface area (Å²) in [7, 11) is 0. The normalized spacial score (nSPS) is 10.4. The van der Waals surface area contributed by atoms with Crippen molar-refractivity contribution in [2.45, 2.75) is 51.9 Å². The van der Waals surface area contributed by atoms with Crippen molar-refractivity contribution in [2.24, 2.45) is 0 Å². The van der Waals surface area contributed by atoms with Crippen LogP contribution in [0.15, 0.2) is 53.0 Å². The van der Waals surface area contributed by atoms with E-state index in [2.05, 4.69) is 45.9 Å². The fourth-order valence-corrected chi connectivity index (χ4v) is 3.77. The number of halogens is 1. The molecule has 194 valence electrons. The average molecular weight is 579 g/mol. The molecule has 2 aromatic carbocycles. The van der Waals surface area contributed by atoms with Gasteiger partial charge in [0.05, 0.1) is 11.1 Å². The van der Waals surface area contributed by atoms with Crippen molar-refractivity contribution in [2.75, 3.05) is 13.2 Å². The van der Waals surface area contributed by atoms with E-state index in [-0.39, 0.29) is 36.4 Å². The number of ether oxygens (including phenoxy) is 2. The largest absolute Gasteiger partial charge is 0.483 e. The molecule has 0 heterocycles. The summed E-state index contributed by atoms with van der Waals surface area (Å²) in [4.78, 5) is 35.8. The van der Waals surface area contributed by atoms with E-state index < -0.39 is 5.91 Å². The van der Waals surface area contributed by atoms with Crippen LogP contribution in [0.5, 0.6) is 5.75 Å². The van der Waals surface area contributed by atoms with Crippen molar-refractivity contribution in [3.8, 4) is 5.75 Å². The van der Waals surface area contributed by atoms with E-state index in [0.29, 0.717) is 24.7 Å². The summed E-state index contributed by atoms with van der Waals surface area (Å²) in [6, 6.07) is 15.7. The van der Waals surface area contributed by atoms with E-state index in [9.17, 15) is 14.4 Å². The van der Waals surface area contributed by atoms with Crippen molar-refractivity contribution in [1.29, 1.82) is 0 Å². The first-order valence-corrected chi connectivity index (χ1v) is 12.9. The third-order valence-corrected chi connectivity index (χ3v) is 5.87. The molecule has 0 atom stereocenters. The fourth-order valence-electron chi connectivity index (χ4n) is 3.09. The van der Waals surface area contributed by atoms with Crippen LogP contribution in [0.2, 0.25) is 0 Å². The van der Waals surface area contributed by atoms with Gasteiger partial charge in [0, 0.05) is 12.8 Å². The summed E-state index contributed by atoms with van der Waals surface area (Å²) in [5, 5.41) is 2.39. The fraction of sp³-hybridized carbons (Fsp3) is 0.385. The van der Waals surface area contributed by atoms with Crippen LogP contribution < -0.4 is 20.9 Å². The van der Waals surface area contributed by atoms with E-state index in [1.807, 2.05) is 42.5 Å². The highest BCUT2D eigenvalue weighted by Crippen LogP contribution is 2.28. The first-order chi connectivity index (χ1) is 17.2. The van der Waals surface area contributed by atoms with Crippen LogP contribution in [0.25, 0.3) is 0 Å². The number of hydrazine groups is 1. The predicted molar refractivity (Wildman–Crippen MR) is 145 cm³/mol. The molecule has 0 aromatic heterocycles. The van der Waals surface area contributed by atoms with Gasteiger partial charge in [-0.3, -0.25) is 25.2 Å². The zero-order valence-electron chi connectivity index (χ0n) is 20.5. The molecule has 0 saturated carbocycles. The maximum Gasteiger partial charge on any atom is 0.305 e. The number of hydrogen-bond acceptors (Lipinski definition) is 6. The van der Waals surface area contributed by atoms with Crippen LogP contribution in [0.4, 0.5) is 0 Å². The Kier molecular flexibility index (Phi) is 12.9. The Labute approximate surface area is 225 Å². The number of aryl methyl sites for hydroxylation is 1. The Morgan fingerprint density at radius 2 is 1.72 bits per heavy atom. The minimum absolute atomic E-state index is 0.0562. The summed E-state index contributed by atoms with van der Waals surface area (Å²) in [5.74, 6) is -0.261.